The molecule has 0 bridgehead atoms. The first kappa shape index (κ1) is 14.8. The Balaban J connectivity index is 5.24. The van der Waals surface area contributed by atoms with E-state index in [1.807, 2.05) is 0 Å². The molecule has 0 saturated carbocycles. The molecule has 0 unspecified atom stereocenters. The number of alkyl halides is 8. The van der Waals surface area contributed by atoms with Crippen molar-refractivity contribution >= 4 is 11.6 Å². The van der Waals surface area contributed by atoms with Crippen molar-refractivity contribution in [3.8, 4) is 0 Å². The fourth-order valence-electron chi connectivity index (χ4n) is 0.571. The van der Waals surface area contributed by atoms with Crippen molar-refractivity contribution in [2.24, 2.45) is 0 Å². The van der Waals surface area contributed by atoms with Crippen molar-refractivity contribution in [1.29, 1.82) is 0 Å². The van der Waals surface area contributed by atoms with Crippen LogP contribution in [-0.2, 0) is 9.59 Å². The number of carbonyl (C=O) groups is 2. The van der Waals surface area contributed by atoms with Crippen molar-refractivity contribution in [2.75, 3.05) is 6.67 Å². The third-order valence-electron chi connectivity index (χ3n) is 1.33. The Labute approximate surface area is 82.2 Å². The average molecular weight is 258 g/mol. The summed E-state index contributed by atoms with van der Waals surface area (Å²) in [5.41, 5.74) is 0. The van der Waals surface area contributed by atoms with Crippen molar-refractivity contribution < 1.29 is 44.7 Å². The van der Waals surface area contributed by atoms with Crippen molar-refractivity contribution in [3.63, 3.8) is 0 Å². The predicted molar refractivity (Wildman–Crippen MR) is 31.9 cm³/mol. The zero-order chi connectivity index (χ0) is 13.4. The third kappa shape index (κ3) is 2.67. The number of halogens is 8. The SMILES string of the molecule is O=C(C(F)(F)F)C(F)(F)C(=O)C(F)(F)CF. The zero-order valence-corrected chi connectivity index (χ0v) is 7.05. The van der Waals surface area contributed by atoms with Crippen LogP contribution in [0.5, 0.6) is 0 Å². The molecule has 0 aromatic rings. The number of rotatable bonds is 4. The molecular weight excluding hydrogens is 256 g/mol. The van der Waals surface area contributed by atoms with Gasteiger partial charge in [-0.1, -0.05) is 0 Å². The van der Waals surface area contributed by atoms with E-state index in [1.165, 1.54) is 0 Å². The molecule has 0 fully saturated rings. The van der Waals surface area contributed by atoms with Crippen LogP contribution in [0.25, 0.3) is 0 Å². The van der Waals surface area contributed by atoms with E-state index in [2.05, 4.69) is 0 Å². The molecule has 94 valence electrons. The van der Waals surface area contributed by atoms with Gasteiger partial charge in [0.15, 0.2) is 6.67 Å². The topological polar surface area (TPSA) is 34.1 Å². The molecule has 0 aliphatic heterocycles. The molecular formula is C6H2F8O2. The van der Waals surface area contributed by atoms with Gasteiger partial charge in [-0.15, -0.1) is 0 Å². The van der Waals surface area contributed by atoms with Crippen LogP contribution in [0.1, 0.15) is 0 Å². The predicted octanol–water partition coefficient (Wildman–Crippen LogP) is 1.93. The summed E-state index contributed by atoms with van der Waals surface area (Å²) in [4.78, 5) is 20.1. The van der Waals surface area contributed by atoms with Crippen LogP contribution >= 0.6 is 0 Å². The van der Waals surface area contributed by atoms with Crippen LogP contribution in [0.3, 0.4) is 0 Å². The Kier molecular flexibility index (Phi) is 3.68. The van der Waals surface area contributed by atoms with Crippen molar-refractivity contribution in [2.45, 2.75) is 18.0 Å². The molecule has 0 saturated heterocycles. The minimum atomic E-state index is -6.18. The van der Waals surface area contributed by atoms with E-state index in [-0.39, 0.29) is 0 Å². The van der Waals surface area contributed by atoms with Gasteiger partial charge in [0.1, 0.15) is 0 Å². The summed E-state index contributed by atoms with van der Waals surface area (Å²) >= 11 is 0. The summed E-state index contributed by atoms with van der Waals surface area (Å²) in [5.74, 6) is -19.0. The van der Waals surface area contributed by atoms with E-state index in [9.17, 15) is 44.7 Å². The van der Waals surface area contributed by atoms with Gasteiger partial charge in [0.2, 0.25) is 0 Å². The molecule has 10 heteroatoms. The van der Waals surface area contributed by atoms with E-state index in [0.29, 0.717) is 0 Å². The molecule has 16 heavy (non-hydrogen) atoms. The van der Waals surface area contributed by atoms with Gasteiger partial charge in [0.05, 0.1) is 0 Å². The molecule has 0 aliphatic rings. The largest absolute Gasteiger partial charge is 0.456 e. The molecule has 0 heterocycles. The Morgan fingerprint density at radius 2 is 1.19 bits per heavy atom. The van der Waals surface area contributed by atoms with E-state index in [0.717, 1.165) is 0 Å². The van der Waals surface area contributed by atoms with Crippen molar-refractivity contribution in [1.82, 2.24) is 0 Å². The van der Waals surface area contributed by atoms with Gasteiger partial charge in [-0.05, 0) is 0 Å². The highest BCUT2D eigenvalue weighted by Gasteiger charge is 2.65. The Bertz CT molecular complexity index is 304. The van der Waals surface area contributed by atoms with Gasteiger partial charge in [-0.2, -0.15) is 30.7 Å². The lowest BCUT2D eigenvalue weighted by Crippen LogP contribution is -2.53. The first-order valence-electron chi connectivity index (χ1n) is 3.35. The van der Waals surface area contributed by atoms with Crippen molar-refractivity contribution in [3.05, 3.63) is 0 Å². The molecule has 0 spiro atoms. The number of ketones is 2. The molecule has 0 radical (unpaired) electrons. The van der Waals surface area contributed by atoms with Crippen LogP contribution in [0.4, 0.5) is 35.1 Å². The maximum atomic E-state index is 12.3. The third-order valence-corrected chi connectivity index (χ3v) is 1.33. The van der Waals surface area contributed by atoms with Crippen LogP contribution < -0.4 is 0 Å². The van der Waals surface area contributed by atoms with Crippen LogP contribution in [0.15, 0.2) is 0 Å². The van der Waals surface area contributed by atoms with Gasteiger partial charge in [0, 0.05) is 0 Å². The Hall–Kier alpha value is -1.22. The summed E-state index contributed by atoms with van der Waals surface area (Å²) in [6, 6.07) is 0. The highest BCUT2D eigenvalue weighted by atomic mass is 19.4. The number of carbonyl (C=O) groups excluding carboxylic acids is 2. The van der Waals surface area contributed by atoms with Gasteiger partial charge in [-0.3, -0.25) is 9.59 Å². The highest BCUT2D eigenvalue weighted by Crippen LogP contribution is 2.33. The fraction of sp³-hybridized carbons (Fsp3) is 0.667. The lowest BCUT2D eigenvalue weighted by molar-refractivity contribution is -0.204. The summed E-state index contributed by atoms with van der Waals surface area (Å²) in [7, 11) is 0. The van der Waals surface area contributed by atoms with Crippen LogP contribution in [0, 0.1) is 0 Å². The van der Waals surface area contributed by atoms with Crippen LogP contribution in [0.2, 0.25) is 0 Å². The van der Waals surface area contributed by atoms with E-state index in [4.69, 9.17) is 0 Å². The molecule has 0 N–H and O–H groups in total. The monoisotopic (exact) mass is 258 g/mol. The normalized spacial score (nSPS) is 13.8. The Morgan fingerprint density at radius 1 is 0.812 bits per heavy atom. The first-order valence-corrected chi connectivity index (χ1v) is 3.35. The molecule has 0 aromatic carbocycles. The maximum absolute atomic E-state index is 12.3. The second-order valence-electron chi connectivity index (χ2n) is 2.57. The van der Waals surface area contributed by atoms with E-state index >= 15 is 0 Å². The summed E-state index contributed by atoms with van der Waals surface area (Å²) < 4.78 is 94.6. The summed E-state index contributed by atoms with van der Waals surface area (Å²) in [5, 5.41) is 0. The van der Waals surface area contributed by atoms with Gasteiger partial charge in [-0.25, -0.2) is 4.39 Å². The highest BCUT2D eigenvalue weighted by molar-refractivity contribution is 6.13. The number of Topliss-reactive ketones (excluding diaryl/α,β-unsaturated/α-hetero) is 2. The van der Waals surface area contributed by atoms with E-state index < -0.39 is 36.3 Å². The van der Waals surface area contributed by atoms with Crippen LogP contribution in [-0.4, -0.2) is 36.3 Å². The number of hydrogen-bond acceptors (Lipinski definition) is 2. The molecule has 0 rings (SSSR count). The average Bonchev–Trinajstić information content (AvgIpc) is 2.13. The molecule has 0 aliphatic carbocycles. The lowest BCUT2D eigenvalue weighted by Gasteiger charge is -2.19. The second kappa shape index (κ2) is 3.98. The summed E-state index contributed by atoms with van der Waals surface area (Å²) in [6.45, 7) is -2.92. The molecule has 2 nitrogen and oxygen atoms in total. The van der Waals surface area contributed by atoms with E-state index in [1.54, 1.807) is 0 Å². The van der Waals surface area contributed by atoms with Gasteiger partial charge in [0.25, 0.3) is 5.78 Å². The van der Waals surface area contributed by atoms with Gasteiger partial charge >= 0.3 is 23.8 Å². The minimum absolute atomic E-state index is 2.92. The quantitative estimate of drug-likeness (QED) is 0.570. The Morgan fingerprint density at radius 3 is 1.44 bits per heavy atom. The smallest absolute Gasteiger partial charge is 0.285 e. The zero-order valence-electron chi connectivity index (χ0n) is 7.05. The molecule has 0 atom stereocenters. The minimum Gasteiger partial charge on any atom is -0.285 e. The second-order valence-corrected chi connectivity index (χ2v) is 2.57. The standard InChI is InChI=1S/C6H2F8O2/c7-1-4(8,9)2(15)5(10,11)3(16)6(12,13)14/h1H2. The first-order chi connectivity index (χ1) is 6.87. The number of hydrogen-bond donors (Lipinski definition) is 0. The maximum Gasteiger partial charge on any atom is 0.456 e. The summed E-state index contributed by atoms with van der Waals surface area (Å²) in [6.07, 6.45) is -6.18. The lowest BCUT2D eigenvalue weighted by atomic mass is 10.0. The van der Waals surface area contributed by atoms with Gasteiger partial charge < -0.3 is 0 Å². The molecule has 0 aromatic heterocycles. The molecule has 0 amide bonds. The fourth-order valence-corrected chi connectivity index (χ4v) is 0.571.